The van der Waals surface area contributed by atoms with Gasteiger partial charge in [0.2, 0.25) is 0 Å². The number of rotatable bonds is 5. The second-order valence-corrected chi connectivity index (χ2v) is 6.56. The highest BCUT2D eigenvalue weighted by atomic mass is 16.5. The zero-order valence-corrected chi connectivity index (χ0v) is 15.1. The molecule has 138 valence electrons. The number of carbonyl (C=O) groups excluding carboxylic acids is 1. The SMILES string of the molecule is CN(C)c1nccnc1OC1CCCN(C(=O)C(O)c2ccccc2)C1. The number of anilines is 1. The van der Waals surface area contributed by atoms with Gasteiger partial charge in [-0.2, -0.15) is 0 Å². The number of benzene rings is 1. The van der Waals surface area contributed by atoms with Crippen molar-refractivity contribution in [1.82, 2.24) is 14.9 Å². The van der Waals surface area contributed by atoms with Crippen molar-refractivity contribution in [2.24, 2.45) is 0 Å². The molecule has 1 aliphatic rings. The van der Waals surface area contributed by atoms with Crippen LogP contribution in [0.1, 0.15) is 24.5 Å². The van der Waals surface area contributed by atoms with E-state index in [4.69, 9.17) is 4.74 Å². The number of aliphatic hydroxyl groups excluding tert-OH is 1. The summed E-state index contributed by atoms with van der Waals surface area (Å²) in [6.07, 6.45) is 3.53. The first-order chi connectivity index (χ1) is 12.6. The number of likely N-dealkylation sites (tertiary alicyclic amines) is 1. The van der Waals surface area contributed by atoms with Crippen molar-refractivity contribution < 1.29 is 14.6 Å². The highest BCUT2D eigenvalue weighted by Crippen LogP contribution is 2.25. The lowest BCUT2D eigenvalue weighted by Gasteiger charge is -2.34. The zero-order chi connectivity index (χ0) is 18.5. The number of nitrogens with zero attached hydrogens (tertiary/aromatic N) is 4. The summed E-state index contributed by atoms with van der Waals surface area (Å²) in [5.41, 5.74) is 0.601. The van der Waals surface area contributed by atoms with E-state index in [0.29, 0.717) is 30.4 Å². The van der Waals surface area contributed by atoms with Gasteiger partial charge in [-0.25, -0.2) is 9.97 Å². The van der Waals surface area contributed by atoms with E-state index in [1.165, 1.54) is 0 Å². The predicted octanol–water partition coefficient (Wildman–Crippen LogP) is 1.65. The minimum Gasteiger partial charge on any atom is -0.470 e. The van der Waals surface area contributed by atoms with Crippen LogP contribution in [0.5, 0.6) is 5.88 Å². The predicted molar refractivity (Wildman–Crippen MR) is 98.0 cm³/mol. The van der Waals surface area contributed by atoms with Crippen LogP contribution < -0.4 is 9.64 Å². The Kier molecular flexibility index (Phi) is 5.68. The Morgan fingerprint density at radius 3 is 2.73 bits per heavy atom. The highest BCUT2D eigenvalue weighted by molar-refractivity contribution is 5.82. The summed E-state index contributed by atoms with van der Waals surface area (Å²) in [7, 11) is 3.76. The van der Waals surface area contributed by atoms with E-state index in [2.05, 4.69) is 9.97 Å². The molecule has 1 aromatic carbocycles. The minimum absolute atomic E-state index is 0.175. The molecule has 2 atom stereocenters. The van der Waals surface area contributed by atoms with Crippen molar-refractivity contribution in [2.45, 2.75) is 25.0 Å². The van der Waals surface area contributed by atoms with Crippen LogP contribution in [-0.4, -0.2) is 59.2 Å². The van der Waals surface area contributed by atoms with E-state index in [0.717, 1.165) is 12.8 Å². The molecule has 0 bridgehead atoms. The molecule has 2 aromatic rings. The fraction of sp³-hybridized carbons (Fsp3) is 0.421. The first-order valence-electron chi connectivity index (χ1n) is 8.73. The normalized spacial score (nSPS) is 18.3. The largest absolute Gasteiger partial charge is 0.470 e. The van der Waals surface area contributed by atoms with Crippen LogP contribution in [0.4, 0.5) is 5.82 Å². The van der Waals surface area contributed by atoms with Gasteiger partial charge < -0.3 is 19.6 Å². The standard InChI is InChI=1S/C19H24N4O3/c1-22(2)17-18(21-11-10-20-17)26-15-9-6-12-23(13-15)19(25)16(24)14-7-4-3-5-8-14/h3-5,7-8,10-11,15-16,24H,6,9,12-13H2,1-2H3. The lowest BCUT2D eigenvalue weighted by Crippen LogP contribution is -2.46. The molecule has 1 aromatic heterocycles. The number of piperidine rings is 1. The maximum atomic E-state index is 12.7. The molecule has 0 saturated carbocycles. The average molecular weight is 356 g/mol. The van der Waals surface area contributed by atoms with Gasteiger partial charge in [-0.1, -0.05) is 30.3 Å². The lowest BCUT2D eigenvalue weighted by atomic mass is 10.0. The van der Waals surface area contributed by atoms with Gasteiger partial charge in [-0.05, 0) is 18.4 Å². The fourth-order valence-corrected chi connectivity index (χ4v) is 3.05. The van der Waals surface area contributed by atoms with Crippen LogP contribution in [0, 0.1) is 0 Å². The number of carbonyl (C=O) groups is 1. The van der Waals surface area contributed by atoms with Crippen molar-refractivity contribution in [1.29, 1.82) is 0 Å². The third-order valence-electron chi connectivity index (χ3n) is 4.39. The van der Waals surface area contributed by atoms with Crippen LogP contribution in [0.15, 0.2) is 42.7 Å². The summed E-state index contributed by atoms with van der Waals surface area (Å²) in [4.78, 5) is 24.7. The van der Waals surface area contributed by atoms with E-state index < -0.39 is 6.10 Å². The van der Waals surface area contributed by atoms with E-state index in [1.807, 2.05) is 37.2 Å². The van der Waals surface area contributed by atoms with E-state index in [-0.39, 0.29) is 12.0 Å². The molecule has 0 spiro atoms. The van der Waals surface area contributed by atoms with Crippen molar-refractivity contribution in [3.05, 3.63) is 48.3 Å². The number of hydrogen-bond donors (Lipinski definition) is 1. The van der Waals surface area contributed by atoms with E-state index >= 15 is 0 Å². The fourth-order valence-electron chi connectivity index (χ4n) is 3.05. The van der Waals surface area contributed by atoms with Gasteiger partial charge in [0.05, 0.1) is 6.54 Å². The Morgan fingerprint density at radius 1 is 1.27 bits per heavy atom. The van der Waals surface area contributed by atoms with Gasteiger partial charge in [0.25, 0.3) is 11.8 Å². The first kappa shape index (κ1) is 18.1. The summed E-state index contributed by atoms with van der Waals surface area (Å²) in [6.45, 7) is 1.04. The molecule has 1 amide bonds. The van der Waals surface area contributed by atoms with Gasteiger partial charge in [-0.15, -0.1) is 0 Å². The zero-order valence-electron chi connectivity index (χ0n) is 15.1. The minimum atomic E-state index is -1.15. The summed E-state index contributed by atoms with van der Waals surface area (Å²) >= 11 is 0. The number of hydrogen-bond acceptors (Lipinski definition) is 6. The number of aliphatic hydroxyl groups is 1. The molecule has 2 heterocycles. The monoisotopic (exact) mass is 356 g/mol. The second kappa shape index (κ2) is 8.14. The molecule has 1 N–H and O–H groups in total. The van der Waals surface area contributed by atoms with Crippen molar-refractivity contribution in [2.75, 3.05) is 32.1 Å². The second-order valence-electron chi connectivity index (χ2n) is 6.56. The molecule has 2 unspecified atom stereocenters. The maximum Gasteiger partial charge on any atom is 0.257 e. The number of aromatic nitrogens is 2. The molecule has 3 rings (SSSR count). The topological polar surface area (TPSA) is 78.8 Å². The lowest BCUT2D eigenvalue weighted by molar-refractivity contribution is -0.143. The third-order valence-corrected chi connectivity index (χ3v) is 4.39. The van der Waals surface area contributed by atoms with Crippen LogP contribution in [-0.2, 0) is 4.79 Å². The Bertz CT molecular complexity index is 739. The molecule has 0 aliphatic carbocycles. The average Bonchev–Trinajstić information content (AvgIpc) is 2.68. The number of amides is 1. The van der Waals surface area contributed by atoms with Crippen LogP contribution in [0.25, 0.3) is 0 Å². The van der Waals surface area contributed by atoms with Gasteiger partial charge in [0.1, 0.15) is 6.10 Å². The smallest absolute Gasteiger partial charge is 0.257 e. The van der Waals surface area contributed by atoms with Crippen molar-refractivity contribution in [3.63, 3.8) is 0 Å². The summed E-state index contributed by atoms with van der Waals surface area (Å²) in [6, 6.07) is 8.98. The summed E-state index contributed by atoms with van der Waals surface area (Å²) in [5.74, 6) is 0.817. The Morgan fingerprint density at radius 2 is 2.00 bits per heavy atom. The number of ether oxygens (including phenoxy) is 1. The van der Waals surface area contributed by atoms with Crippen molar-refractivity contribution in [3.8, 4) is 5.88 Å². The van der Waals surface area contributed by atoms with Crippen molar-refractivity contribution >= 4 is 11.7 Å². The van der Waals surface area contributed by atoms with E-state index in [9.17, 15) is 9.90 Å². The molecule has 7 heteroatoms. The quantitative estimate of drug-likeness (QED) is 0.878. The Labute approximate surface area is 153 Å². The maximum absolute atomic E-state index is 12.7. The molecule has 26 heavy (non-hydrogen) atoms. The molecule has 7 nitrogen and oxygen atoms in total. The highest BCUT2D eigenvalue weighted by Gasteiger charge is 2.30. The molecular weight excluding hydrogens is 332 g/mol. The van der Waals surface area contributed by atoms with Gasteiger partial charge >= 0.3 is 0 Å². The Hall–Kier alpha value is -2.67. The molecule has 1 fully saturated rings. The molecular formula is C19H24N4O3. The molecule has 1 aliphatic heterocycles. The van der Waals surface area contributed by atoms with Gasteiger partial charge in [-0.3, -0.25) is 4.79 Å². The molecule has 0 radical (unpaired) electrons. The first-order valence-corrected chi connectivity index (χ1v) is 8.73. The van der Waals surface area contributed by atoms with Gasteiger partial charge in [0, 0.05) is 33.0 Å². The van der Waals surface area contributed by atoms with E-state index in [1.54, 1.807) is 29.4 Å². The van der Waals surface area contributed by atoms with Crippen LogP contribution in [0.2, 0.25) is 0 Å². The summed E-state index contributed by atoms with van der Waals surface area (Å²) < 4.78 is 6.02. The summed E-state index contributed by atoms with van der Waals surface area (Å²) in [5, 5.41) is 10.4. The van der Waals surface area contributed by atoms with Crippen LogP contribution in [0.3, 0.4) is 0 Å². The van der Waals surface area contributed by atoms with Crippen LogP contribution >= 0.6 is 0 Å². The molecule has 1 saturated heterocycles. The van der Waals surface area contributed by atoms with Gasteiger partial charge in [0.15, 0.2) is 11.9 Å². The third kappa shape index (κ3) is 4.11. The Balaban J connectivity index is 1.67.